The zero-order valence-corrected chi connectivity index (χ0v) is 21.2. The van der Waals surface area contributed by atoms with E-state index in [2.05, 4.69) is 4.72 Å². The number of nitrogens with zero attached hydrogens (tertiary/aromatic N) is 1. The number of rotatable bonds is 9. The van der Waals surface area contributed by atoms with Crippen molar-refractivity contribution < 1.29 is 27.5 Å². The maximum Gasteiger partial charge on any atom is 0.410 e. The summed E-state index contributed by atoms with van der Waals surface area (Å²) in [6.07, 6.45) is 5.20. The van der Waals surface area contributed by atoms with Crippen LogP contribution in [0.4, 0.5) is 4.79 Å². The number of sulfonamides is 1. The number of methoxy groups -OCH3 is 1. The highest BCUT2D eigenvalue weighted by molar-refractivity contribution is 7.89. The van der Waals surface area contributed by atoms with Crippen molar-refractivity contribution in [3.8, 4) is 0 Å². The van der Waals surface area contributed by atoms with Crippen LogP contribution < -0.4 is 4.72 Å². The number of hydrogen-bond acceptors (Lipinski definition) is 6. The van der Waals surface area contributed by atoms with Crippen LogP contribution in [-0.2, 0) is 19.5 Å². The highest BCUT2D eigenvalue weighted by Gasteiger charge is 2.37. The molecule has 188 valence electrons. The van der Waals surface area contributed by atoms with Gasteiger partial charge in [-0.3, -0.25) is 0 Å². The van der Waals surface area contributed by atoms with Crippen LogP contribution in [0.25, 0.3) is 6.08 Å². The van der Waals surface area contributed by atoms with E-state index in [-0.39, 0.29) is 17.5 Å². The van der Waals surface area contributed by atoms with Gasteiger partial charge in [-0.2, -0.15) is 0 Å². The number of benzene rings is 2. The number of ether oxygens (including phenoxy) is 2. The molecule has 2 unspecified atom stereocenters. The summed E-state index contributed by atoms with van der Waals surface area (Å²) in [4.78, 5) is 26.0. The Morgan fingerprint density at radius 3 is 2.46 bits per heavy atom. The van der Waals surface area contributed by atoms with Gasteiger partial charge in [0.05, 0.1) is 30.2 Å². The highest BCUT2D eigenvalue weighted by atomic mass is 35.5. The minimum Gasteiger partial charge on any atom is -0.465 e. The Kier molecular flexibility index (Phi) is 9.31. The Morgan fingerprint density at radius 2 is 1.83 bits per heavy atom. The van der Waals surface area contributed by atoms with E-state index in [1.165, 1.54) is 36.3 Å². The molecule has 0 bridgehead atoms. The first-order valence-corrected chi connectivity index (χ1v) is 13.2. The number of carbonyl (C=O) groups excluding carboxylic acids is 2. The molecule has 1 saturated heterocycles. The Hall–Kier alpha value is -2.88. The molecule has 1 aliphatic rings. The van der Waals surface area contributed by atoms with E-state index in [4.69, 9.17) is 21.1 Å². The molecule has 1 fully saturated rings. The van der Waals surface area contributed by atoms with Gasteiger partial charge in [-0.15, -0.1) is 0 Å². The van der Waals surface area contributed by atoms with Crippen molar-refractivity contribution in [3.63, 3.8) is 0 Å². The lowest BCUT2D eigenvalue weighted by atomic mass is 10.1. The standard InChI is InChI=1S/C25H29ClN2O6S/c1-3-4-15-34-25(30)28-17-21(27-35(31,32)23-13-10-20(26)11-14-23)16-22(28)12-7-18-5-8-19(9-6-18)24(29)33-2/h5-14,21-22,27H,3-4,15-17H2,1-2H3. The van der Waals surface area contributed by atoms with Crippen LogP contribution in [0.2, 0.25) is 5.02 Å². The molecular formula is C25H29ClN2O6S. The monoisotopic (exact) mass is 520 g/mol. The average Bonchev–Trinajstić information content (AvgIpc) is 3.24. The van der Waals surface area contributed by atoms with Gasteiger partial charge in [-0.1, -0.05) is 49.2 Å². The van der Waals surface area contributed by atoms with Crippen molar-refractivity contribution in [2.24, 2.45) is 0 Å². The second kappa shape index (κ2) is 12.2. The fourth-order valence-corrected chi connectivity index (χ4v) is 5.07. The number of amides is 1. The Morgan fingerprint density at radius 1 is 1.14 bits per heavy atom. The molecule has 2 aromatic carbocycles. The zero-order valence-electron chi connectivity index (χ0n) is 19.6. The molecule has 0 spiro atoms. The SMILES string of the molecule is CCCCOC(=O)N1CC(NS(=O)(=O)c2ccc(Cl)cc2)CC1C=Cc1ccc(C(=O)OC)cc1. The minimum absolute atomic E-state index is 0.101. The van der Waals surface area contributed by atoms with Crippen LogP contribution in [0.3, 0.4) is 0 Å². The van der Waals surface area contributed by atoms with Gasteiger partial charge in [0.2, 0.25) is 10.0 Å². The number of carbonyl (C=O) groups is 2. The van der Waals surface area contributed by atoms with Gasteiger partial charge in [0, 0.05) is 17.6 Å². The smallest absolute Gasteiger partial charge is 0.410 e. The van der Waals surface area contributed by atoms with E-state index < -0.39 is 28.1 Å². The number of halogens is 1. The van der Waals surface area contributed by atoms with E-state index in [9.17, 15) is 18.0 Å². The molecule has 0 aliphatic carbocycles. The van der Waals surface area contributed by atoms with Crippen molar-refractivity contribution in [3.05, 3.63) is 70.8 Å². The topological polar surface area (TPSA) is 102 Å². The van der Waals surface area contributed by atoms with Crippen molar-refractivity contribution in [2.75, 3.05) is 20.3 Å². The van der Waals surface area contributed by atoms with E-state index in [0.717, 1.165) is 18.4 Å². The van der Waals surface area contributed by atoms with Crippen LogP contribution in [0.1, 0.15) is 42.1 Å². The second-order valence-electron chi connectivity index (χ2n) is 8.17. The van der Waals surface area contributed by atoms with Crippen molar-refractivity contribution in [1.29, 1.82) is 0 Å². The molecule has 1 heterocycles. The van der Waals surface area contributed by atoms with Gasteiger partial charge in [-0.25, -0.2) is 22.7 Å². The molecule has 1 N–H and O–H groups in total. The van der Waals surface area contributed by atoms with Crippen molar-refractivity contribution in [1.82, 2.24) is 9.62 Å². The first-order chi connectivity index (χ1) is 16.7. The normalized spacial score (nSPS) is 18.1. The van der Waals surface area contributed by atoms with E-state index in [0.29, 0.717) is 23.6 Å². The third kappa shape index (κ3) is 7.30. The number of likely N-dealkylation sites (tertiary alicyclic amines) is 1. The molecule has 2 atom stereocenters. The molecular weight excluding hydrogens is 492 g/mol. The maximum atomic E-state index is 12.8. The second-order valence-corrected chi connectivity index (χ2v) is 10.3. The van der Waals surface area contributed by atoms with E-state index >= 15 is 0 Å². The lowest BCUT2D eigenvalue weighted by Gasteiger charge is -2.21. The summed E-state index contributed by atoms with van der Waals surface area (Å²) < 4.78 is 38.5. The molecule has 0 aromatic heterocycles. The summed E-state index contributed by atoms with van der Waals surface area (Å²) in [7, 11) is -2.47. The molecule has 2 aromatic rings. The summed E-state index contributed by atoms with van der Waals surface area (Å²) in [5, 5.41) is 0.440. The molecule has 35 heavy (non-hydrogen) atoms. The first kappa shape index (κ1) is 26.7. The van der Waals surface area contributed by atoms with E-state index in [1.807, 2.05) is 19.1 Å². The Labute approximate surface area is 210 Å². The number of unbranched alkanes of at least 4 members (excludes halogenated alkanes) is 1. The lowest BCUT2D eigenvalue weighted by Crippen LogP contribution is -2.39. The molecule has 0 radical (unpaired) electrons. The highest BCUT2D eigenvalue weighted by Crippen LogP contribution is 2.24. The minimum atomic E-state index is -3.79. The summed E-state index contributed by atoms with van der Waals surface area (Å²) in [6, 6.07) is 11.9. The molecule has 3 rings (SSSR count). The Balaban J connectivity index is 1.75. The van der Waals surface area contributed by atoms with Crippen molar-refractivity contribution >= 4 is 39.8 Å². The number of esters is 1. The fraction of sp³-hybridized carbons (Fsp3) is 0.360. The molecule has 8 nitrogen and oxygen atoms in total. The first-order valence-electron chi connectivity index (χ1n) is 11.3. The lowest BCUT2D eigenvalue weighted by molar-refractivity contribution is 0.0600. The summed E-state index contributed by atoms with van der Waals surface area (Å²) in [6.45, 7) is 2.48. The predicted octanol–water partition coefficient (Wildman–Crippen LogP) is 4.50. The fourth-order valence-electron chi connectivity index (χ4n) is 3.70. The van der Waals surface area contributed by atoms with Gasteiger partial charge in [-0.05, 0) is 54.8 Å². The quantitative estimate of drug-likeness (QED) is 0.386. The molecule has 0 saturated carbocycles. The van der Waals surface area contributed by atoms with Gasteiger partial charge in [0.25, 0.3) is 0 Å². The van der Waals surface area contributed by atoms with Gasteiger partial charge in [0.15, 0.2) is 0 Å². The van der Waals surface area contributed by atoms with E-state index in [1.54, 1.807) is 24.3 Å². The van der Waals surface area contributed by atoms with Crippen LogP contribution in [-0.4, -0.2) is 57.7 Å². The van der Waals surface area contributed by atoms with Crippen molar-refractivity contribution in [2.45, 2.75) is 43.2 Å². The number of nitrogens with one attached hydrogen (secondary N) is 1. The Bertz CT molecular complexity index is 1150. The average molecular weight is 521 g/mol. The third-order valence-electron chi connectivity index (χ3n) is 5.59. The summed E-state index contributed by atoms with van der Waals surface area (Å²) in [5.74, 6) is -0.423. The maximum absolute atomic E-state index is 12.8. The van der Waals surface area contributed by atoms with Gasteiger partial charge >= 0.3 is 12.1 Å². The molecule has 1 amide bonds. The van der Waals surface area contributed by atoms with Gasteiger partial charge in [0.1, 0.15) is 0 Å². The molecule has 10 heteroatoms. The predicted molar refractivity (Wildman–Crippen MR) is 134 cm³/mol. The summed E-state index contributed by atoms with van der Waals surface area (Å²) in [5.41, 5.74) is 1.26. The third-order valence-corrected chi connectivity index (χ3v) is 7.38. The van der Waals surface area contributed by atoms with Crippen LogP contribution in [0, 0.1) is 0 Å². The zero-order chi connectivity index (χ0) is 25.4. The largest absolute Gasteiger partial charge is 0.465 e. The van der Waals surface area contributed by atoms with Crippen LogP contribution >= 0.6 is 11.6 Å². The summed E-state index contributed by atoms with van der Waals surface area (Å²) >= 11 is 5.87. The number of hydrogen-bond donors (Lipinski definition) is 1. The van der Waals surface area contributed by atoms with Crippen LogP contribution in [0.5, 0.6) is 0 Å². The molecule has 1 aliphatic heterocycles. The van der Waals surface area contributed by atoms with Gasteiger partial charge < -0.3 is 14.4 Å². The van der Waals surface area contributed by atoms with Crippen LogP contribution in [0.15, 0.2) is 59.5 Å².